The van der Waals surface area contributed by atoms with E-state index in [0.717, 1.165) is 28.1 Å². The molecule has 0 aliphatic rings. The largest absolute Gasteiger partial charge is 0.485 e. The van der Waals surface area contributed by atoms with Gasteiger partial charge in [0.15, 0.2) is 11.0 Å². The van der Waals surface area contributed by atoms with E-state index in [9.17, 15) is 4.79 Å². The predicted molar refractivity (Wildman–Crippen MR) is 106 cm³/mol. The number of amides is 1. The van der Waals surface area contributed by atoms with E-state index in [4.69, 9.17) is 10.5 Å². The minimum atomic E-state index is -0.396. The van der Waals surface area contributed by atoms with Crippen LogP contribution in [0.2, 0.25) is 0 Å². The monoisotopic (exact) mass is 382 g/mol. The molecule has 6 nitrogen and oxygen atoms in total. The lowest BCUT2D eigenvalue weighted by Gasteiger charge is -2.13. The second kappa shape index (κ2) is 8.26. The Morgan fingerprint density at radius 2 is 1.74 bits per heavy atom. The zero-order valence-corrected chi connectivity index (χ0v) is 16.4. The lowest BCUT2D eigenvalue weighted by atomic mass is 10.1. The molecule has 7 heteroatoms. The molecule has 0 saturated carbocycles. The number of hydrogen-bond acceptors (Lipinski definition) is 5. The summed E-state index contributed by atoms with van der Waals surface area (Å²) < 4.78 is 7.96. The summed E-state index contributed by atoms with van der Waals surface area (Å²) in [6.45, 7) is 6.33. The van der Waals surface area contributed by atoms with Crippen molar-refractivity contribution in [1.82, 2.24) is 14.8 Å². The standard InChI is InChI=1S/C20H22N4O2S/c1-13-7-9-16(10-8-13)24-18(22-23-20(24)27-12-17(21)25)11-26-19-14(2)5-4-6-15(19)3/h4-10H,11-12H2,1-3H3,(H2,21,25). The van der Waals surface area contributed by atoms with Crippen LogP contribution in [-0.4, -0.2) is 26.4 Å². The van der Waals surface area contributed by atoms with Gasteiger partial charge in [-0.1, -0.05) is 47.7 Å². The number of hydrogen-bond donors (Lipinski definition) is 1. The third-order valence-electron chi connectivity index (χ3n) is 4.09. The molecule has 0 bridgehead atoms. The van der Waals surface area contributed by atoms with Gasteiger partial charge < -0.3 is 10.5 Å². The molecule has 0 atom stereocenters. The maximum absolute atomic E-state index is 11.2. The molecule has 27 heavy (non-hydrogen) atoms. The Kier molecular flexibility index (Phi) is 5.81. The topological polar surface area (TPSA) is 83.0 Å². The first kappa shape index (κ1) is 19.0. The van der Waals surface area contributed by atoms with E-state index >= 15 is 0 Å². The molecular formula is C20H22N4O2S. The first-order chi connectivity index (χ1) is 13.0. The first-order valence-electron chi connectivity index (χ1n) is 8.57. The first-order valence-corrected chi connectivity index (χ1v) is 9.55. The second-order valence-electron chi connectivity index (χ2n) is 6.33. The Labute approximate surface area is 162 Å². The highest BCUT2D eigenvalue weighted by Gasteiger charge is 2.16. The van der Waals surface area contributed by atoms with E-state index < -0.39 is 5.91 Å². The fourth-order valence-electron chi connectivity index (χ4n) is 2.74. The summed E-state index contributed by atoms with van der Waals surface area (Å²) in [6, 6.07) is 14.1. The fourth-order valence-corrected chi connectivity index (χ4v) is 3.45. The molecule has 1 amide bonds. The summed E-state index contributed by atoms with van der Waals surface area (Å²) in [5.74, 6) is 1.25. The van der Waals surface area contributed by atoms with Crippen molar-refractivity contribution in [1.29, 1.82) is 0 Å². The number of nitrogens with zero attached hydrogens (tertiary/aromatic N) is 3. The number of aryl methyl sites for hydroxylation is 3. The van der Waals surface area contributed by atoms with Gasteiger partial charge in [0, 0.05) is 5.69 Å². The zero-order chi connectivity index (χ0) is 19.4. The molecule has 0 aliphatic carbocycles. The lowest BCUT2D eigenvalue weighted by Crippen LogP contribution is -2.14. The second-order valence-corrected chi connectivity index (χ2v) is 7.28. The van der Waals surface area contributed by atoms with Gasteiger partial charge in [0.05, 0.1) is 5.75 Å². The van der Waals surface area contributed by atoms with Crippen molar-refractivity contribution in [3.8, 4) is 11.4 Å². The molecule has 0 radical (unpaired) electrons. The lowest BCUT2D eigenvalue weighted by molar-refractivity contribution is -0.115. The summed E-state index contributed by atoms with van der Waals surface area (Å²) in [4.78, 5) is 11.2. The summed E-state index contributed by atoms with van der Waals surface area (Å²) in [5.41, 5.74) is 9.49. The molecule has 0 aliphatic heterocycles. The Morgan fingerprint density at radius 1 is 1.07 bits per heavy atom. The van der Waals surface area contributed by atoms with Crippen molar-refractivity contribution >= 4 is 17.7 Å². The number of nitrogens with two attached hydrogens (primary N) is 1. The molecule has 140 valence electrons. The average Bonchev–Trinajstić information content (AvgIpc) is 3.03. The highest BCUT2D eigenvalue weighted by Crippen LogP contribution is 2.26. The van der Waals surface area contributed by atoms with Crippen LogP contribution in [0.5, 0.6) is 5.75 Å². The van der Waals surface area contributed by atoms with Crippen LogP contribution in [0.15, 0.2) is 47.6 Å². The van der Waals surface area contributed by atoms with Gasteiger partial charge in [0.25, 0.3) is 0 Å². The number of thioether (sulfide) groups is 1. The average molecular weight is 382 g/mol. The third-order valence-corrected chi connectivity index (χ3v) is 5.04. The van der Waals surface area contributed by atoms with Gasteiger partial charge in [0.1, 0.15) is 12.4 Å². The number of carbonyl (C=O) groups excluding carboxylic acids is 1. The van der Waals surface area contributed by atoms with E-state index in [-0.39, 0.29) is 12.4 Å². The normalized spacial score (nSPS) is 10.8. The van der Waals surface area contributed by atoms with Crippen molar-refractivity contribution in [3.63, 3.8) is 0 Å². The summed E-state index contributed by atoms with van der Waals surface area (Å²) in [6.07, 6.45) is 0. The summed E-state index contributed by atoms with van der Waals surface area (Å²) in [7, 11) is 0. The number of aromatic nitrogens is 3. The van der Waals surface area contributed by atoms with Crippen LogP contribution in [0.1, 0.15) is 22.5 Å². The molecule has 3 aromatic rings. The van der Waals surface area contributed by atoms with Crippen molar-refractivity contribution in [2.75, 3.05) is 5.75 Å². The number of rotatable bonds is 7. The van der Waals surface area contributed by atoms with Crippen LogP contribution >= 0.6 is 11.8 Å². The zero-order valence-electron chi connectivity index (χ0n) is 15.6. The minimum Gasteiger partial charge on any atom is -0.485 e. The minimum absolute atomic E-state index is 0.141. The van der Waals surface area contributed by atoms with Crippen LogP contribution in [0.3, 0.4) is 0 Å². The molecule has 1 heterocycles. The summed E-state index contributed by atoms with van der Waals surface area (Å²) in [5, 5.41) is 9.12. The maximum atomic E-state index is 11.2. The predicted octanol–water partition coefficient (Wildman–Crippen LogP) is 3.35. The fraction of sp³-hybridized carbons (Fsp3) is 0.250. The van der Waals surface area contributed by atoms with Crippen molar-refractivity contribution < 1.29 is 9.53 Å². The number of carbonyl (C=O) groups is 1. The van der Waals surface area contributed by atoms with Crippen LogP contribution in [0.25, 0.3) is 5.69 Å². The van der Waals surface area contributed by atoms with Gasteiger partial charge in [-0.25, -0.2) is 0 Å². The molecule has 0 unspecified atom stereocenters. The van der Waals surface area contributed by atoms with Gasteiger partial charge in [-0.2, -0.15) is 0 Å². The molecular weight excluding hydrogens is 360 g/mol. The van der Waals surface area contributed by atoms with E-state index in [1.165, 1.54) is 11.8 Å². The van der Waals surface area contributed by atoms with Crippen LogP contribution in [-0.2, 0) is 11.4 Å². The molecule has 0 saturated heterocycles. The van der Waals surface area contributed by atoms with E-state index in [1.54, 1.807) is 0 Å². The van der Waals surface area contributed by atoms with E-state index in [2.05, 4.69) is 10.2 Å². The van der Waals surface area contributed by atoms with Crippen LogP contribution in [0, 0.1) is 20.8 Å². The van der Waals surface area contributed by atoms with Gasteiger partial charge >= 0.3 is 0 Å². The Balaban J connectivity index is 1.92. The van der Waals surface area contributed by atoms with E-state index in [0.29, 0.717) is 11.0 Å². The Morgan fingerprint density at radius 3 is 2.37 bits per heavy atom. The van der Waals surface area contributed by atoms with Gasteiger partial charge in [-0.05, 0) is 44.0 Å². The smallest absolute Gasteiger partial charge is 0.227 e. The molecule has 3 rings (SSSR count). The number of ether oxygens (including phenoxy) is 1. The van der Waals surface area contributed by atoms with E-state index in [1.807, 2.05) is 67.8 Å². The van der Waals surface area contributed by atoms with Gasteiger partial charge in [-0.15, -0.1) is 10.2 Å². The van der Waals surface area contributed by atoms with Crippen molar-refractivity contribution in [3.05, 3.63) is 65.0 Å². The highest BCUT2D eigenvalue weighted by atomic mass is 32.2. The molecule has 2 aromatic carbocycles. The maximum Gasteiger partial charge on any atom is 0.227 e. The van der Waals surface area contributed by atoms with Gasteiger partial charge in [0.2, 0.25) is 5.91 Å². The molecule has 0 fully saturated rings. The molecule has 2 N–H and O–H groups in total. The van der Waals surface area contributed by atoms with Crippen LogP contribution < -0.4 is 10.5 Å². The van der Waals surface area contributed by atoms with Gasteiger partial charge in [-0.3, -0.25) is 9.36 Å². The molecule has 0 spiro atoms. The number of benzene rings is 2. The van der Waals surface area contributed by atoms with Crippen molar-refractivity contribution in [2.24, 2.45) is 5.73 Å². The number of primary amides is 1. The van der Waals surface area contributed by atoms with Crippen molar-refractivity contribution in [2.45, 2.75) is 32.5 Å². The SMILES string of the molecule is Cc1ccc(-n2c(COc3c(C)cccc3C)nnc2SCC(N)=O)cc1. The van der Waals surface area contributed by atoms with Crippen LogP contribution in [0.4, 0.5) is 0 Å². The third kappa shape index (κ3) is 4.49. The number of para-hydroxylation sites is 1. The quantitative estimate of drug-likeness (QED) is 0.634. The Bertz CT molecular complexity index is 931. The molecule has 1 aromatic heterocycles. The summed E-state index contributed by atoms with van der Waals surface area (Å²) >= 11 is 1.26. The Hall–Kier alpha value is -2.80. The highest BCUT2D eigenvalue weighted by molar-refractivity contribution is 7.99.